The van der Waals surface area contributed by atoms with E-state index < -0.39 is 10.0 Å². The maximum absolute atomic E-state index is 12.1. The minimum absolute atomic E-state index is 0.0480. The highest BCUT2D eigenvalue weighted by Gasteiger charge is 2.19. The predicted molar refractivity (Wildman–Crippen MR) is 74.6 cm³/mol. The fourth-order valence-corrected chi connectivity index (χ4v) is 3.16. The molecule has 106 valence electrons. The second-order valence-corrected chi connectivity index (χ2v) is 6.70. The van der Waals surface area contributed by atoms with Crippen molar-refractivity contribution in [3.05, 3.63) is 23.2 Å². The van der Waals surface area contributed by atoms with E-state index in [0.29, 0.717) is 11.6 Å². The molecule has 7 heteroatoms. The van der Waals surface area contributed by atoms with Crippen molar-refractivity contribution in [3.63, 3.8) is 0 Å². The molecule has 1 saturated heterocycles. The number of sulfonamides is 1. The highest BCUT2D eigenvalue weighted by Crippen LogP contribution is 2.22. The summed E-state index contributed by atoms with van der Waals surface area (Å²) in [4.78, 5) is 0.116. The first kappa shape index (κ1) is 14.6. The predicted octanol–water partition coefficient (Wildman–Crippen LogP) is 1.77. The van der Waals surface area contributed by atoms with E-state index in [4.69, 9.17) is 22.1 Å². The van der Waals surface area contributed by atoms with Crippen molar-refractivity contribution in [3.8, 4) is 0 Å². The summed E-state index contributed by atoms with van der Waals surface area (Å²) >= 11 is 5.77. The Labute approximate surface area is 118 Å². The quantitative estimate of drug-likeness (QED) is 0.831. The number of benzene rings is 1. The van der Waals surface area contributed by atoms with Gasteiger partial charge in [-0.3, -0.25) is 0 Å². The zero-order valence-corrected chi connectivity index (χ0v) is 12.0. The SMILES string of the molecule is Nc1cc(S(=O)(=O)NCC2CCCCO2)ccc1Cl. The highest BCUT2D eigenvalue weighted by molar-refractivity contribution is 7.89. The summed E-state index contributed by atoms with van der Waals surface area (Å²) in [6.07, 6.45) is 2.94. The van der Waals surface area contributed by atoms with Crippen molar-refractivity contribution in [1.29, 1.82) is 0 Å². The van der Waals surface area contributed by atoms with Gasteiger partial charge in [0.25, 0.3) is 0 Å². The Kier molecular flexibility index (Phi) is 4.67. The molecule has 0 bridgehead atoms. The van der Waals surface area contributed by atoms with Gasteiger partial charge in [0.2, 0.25) is 10.0 Å². The number of rotatable bonds is 4. The maximum Gasteiger partial charge on any atom is 0.240 e. The van der Waals surface area contributed by atoms with Crippen LogP contribution in [0.4, 0.5) is 5.69 Å². The van der Waals surface area contributed by atoms with Gasteiger partial charge in [0.15, 0.2) is 0 Å². The lowest BCUT2D eigenvalue weighted by Crippen LogP contribution is -2.35. The largest absolute Gasteiger partial charge is 0.397 e. The molecule has 19 heavy (non-hydrogen) atoms. The Morgan fingerprint density at radius 3 is 2.84 bits per heavy atom. The summed E-state index contributed by atoms with van der Waals surface area (Å²) in [5, 5.41) is 0.342. The molecule has 5 nitrogen and oxygen atoms in total. The summed E-state index contributed by atoms with van der Waals surface area (Å²) in [6.45, 7) is 0.977. The zero-order chi connectivity index (χ0) is 13.9. The summed E-state index contributed by atoms with van der Waals surface area (Å²) in [7, 11) is -3.57. The second-order valence-electron chi connectivity index (χ2n) is 4.52. The van der Waals surface area contributed by atoms with E-state index >= 15 is 0 Å². The van der Waals surface area contributed by atoms with Crippen LogP contribution in [0, 0.1) is 0 Å². The van der Waals surface area contributed by atoms with Gasteiger partial charge in [-0.25, -0.2) is 13.1 Å². The number of nitrogen functional groups attached to an aromatic ring is 1. The van der Waals surface area contributed by atoms with E-state index in [1.54, 1.807) is 0 Å². The van der Waals surface area contributed by atoms with Crippen molar-refractivity contribution in [2.75, 3.05) is 18.9 Å². The number of halogens is 1. The first-order valence-electron chi connectivity index (χ1n) is 6.15. The first-order chi connectivity index (χ1) is 8.99. The van der Waals surface area contributed by atoms with Crippen LogP contribution in [0.5, 0.6) is 0 Å². The smallest absolute Gasteiger partial charge is 0.240 e. The van der Waals surface area contributed by atoms with Crippen LogP contribution in [-0.2, 0) is 14.8 Å². The Hall–Kier alpha value is -0.820. The number of hydrogen-bond acceptors (Lipinski definition) is 4. The van der Waals surface area contributed by atoms with Crippen LogP contribution in [0.2, 0.25) is 5.02 Å². The third kappa shape index (κ3) is 3.82. The normalized spacial score (nSPS) is 20.4. The third-order valence-electron chi connectivity index (χ3n) is 3.05. The van der Waals surface area contributed by atoms with Gasteiger partial charge in [0.1, 0.15) is 0 Å². The minimum Gasteiger partial charge on any atom is -0.397 e. The molecule has 1 unspecified atom stereocenters. The van der Waals surface area contributed by atoms with Gasteiger partial charge < -0.3 is 10.5 Å². The van der Waals surface area contributed by atoms with E-state index in [1.165, 1.54) is 18.2 Å². The lowest BCUT2D eigenvalue weighted by atomic mass is 10.1. The van der Waals surface area contributed by atoms with Crippen molar-refractivity contribution < 1.29 is 13.2 Å². The molecular weight excluding hydrogens is 288 g/mol. The summed E-state index contributed by atoms with van der Waals surface area (Å²) in [5.41, 5.74) is 5.86. The van der Waals surface area contributed by atoms with E-state index in [1.807, 2.05) is 0 Å². The van der Waals surface area contributed by atoms with Gasteiger partial charge in [0, 0.05) is 13.2 Å². The summed E-state index contributed by atoms with van der Waals surface area (Å²) in [6, 6.07) is 4.26. The molecule has 1 atom stereocenters. The van der Waals surface area contributed by atoms with Crippen LogP contribution < -0.4 is 10.5 Å². The molecule has 0 radical (unpaired) electrons. The standard InChI is InChI=1S/C12H17ClN2O3S/c13-11-5-4-10(7-12(11)14)19(16,17)15-8-9-3-1-2-6-18-9/h4-5,7,9,15H,1-3,6,8,14H2. The lowest BCUT2D eigenvalue weighted by molar-refractivity contribution is 0.0200. The maximum atomic E-state index is 12.1. The van der Waals surface area contributed by atoms with Gasteiger partial charge in [0.05, 0.1) is 21.7 Å². The van der Waals surface area contributed by atoms with Gasteiger partial charge in [-0.15, -0.1) is 0 Å². The van der Waals surface area contributed by atoms with Gasteiger partial charge in [-0.2, -0.15) is 0 Å². The highest BCUT2D eigenvalue weighted by atomic mass is 35.5. The molecule has 1 fully saturated rings. The topological polar surface area (TPSA) is 81.4 Å². The Bertz CT molecular complexity index is 542. The Morgan fingerprint density at radius 1 is 1.42 bits per heavy atom. The van der Waals surface area contributed by atoms with E-state index in [2.05, 4.69) is 4.72 Å². The molecule has 1 aromatic carbocycles. The molecule has 1 aliphatic rings. The van der Waals surface area contributed by atoms with Crippen molar-refractivity contribution in [2.24, 2.45) is 0 Å². The zero-order valence-electron chi connectivity index (χ0n) is 10.4. The van der Waals surface area contributed by atoms with Crippen LogP contribution in [0.3, 0.4) is 0 Å². The monoisotopic (exact) mass is 304 g/mol. The Balaban J connectivity index is 2.02. The fraction of sp³-hybridized carbons (Fsp3) is 0.500. The van der Waals surface area contributed by atoms with Crippen LogP contribution in [-0.4, -0.2) is 27.7 Å². The molecule has 0 saturated carbocycles. The molecule has 1 aromatic rings. The van der Waals surface area contributed by atoms with Crippen LogP contribution in [0.1, 0.15) is 19.3 Å². The summed E-state index contributed by atoms with van der Waals surface area (Å²) in [5.74, 6) is 0. The second kappa shape index (κ2) is 6.09. The number of nitrogens with two attached hydrogens (primary N) is 1. The number of ether oxygens (including phenoxy) is 1. The molecule has 0 aliphatic carbocycles. The minimum atomic E-state index is -3.57. The molecule has 2 rings (SSSR count). The summed E-state index contributed by atoms with van der Waals surface area (Å²) < 4.78 is 32.2. The van der Waals surface area contributed by atoms with Crippen molar-refractivity contribution >= 4 is 27.3 Å². The van der Waals surface area contributed by atoms with E-state index in [0.717, 1.165) is 19.3 Å². The fourth-order valence-electron chi connectivity index (χ4n) is 1.94. The molecule has 0 amide bonds. The molecule has 1 aliphatic heterocycles. The van der Waals surface area contributed by atoms with Crippen molar-refractivity contribution in [1.82, 2.24) is 4.72 Å². The van der Waals surface area contributed by atoms with Gasteiger partial charge >= 0.3 is 0 Å². The number of hydrogen-bond donors (Lipinski definition) is 2. The average molecular weight is 305 g/mol. The van der Waals surface area contributed by atoms with Gasteiger partial charge in [-0.05, 0) is 37.5 Å². The van der Waals surface area contributed by atoms with Crippen LogP contribution in [0.15, 0.2) is 23.1 Å². The number of nitrogens with one attached hydrogen (secondary N) is 1. The lowest BCUT2D eigenvalue weighted by Gasteiger charge is -2.22. The van der Waals surface area contributed by atoms with Crippen LogP contribution >= 0.6 is 11.6 Å². The molecule has 0 aromatic heterocycles. The molecule has 0 spiro atoms. The number of anilines is 1. The third-order valence-corrected chi connectivity index (χ3v) is 4.82. The van der Waals surface area contributed by atoms with E-state index in [9.17, 15) is 8.42 Å². The van der Waals surface area contributed by atoms with Crippen molar-refractivity contribution in [2.45, 2.75) is 30.3 Å². The van der Waals surface area contributed by atoms with Crippen LogP contribution in [0.25, 0.3) is 0 Å². The molecule has 1 heterocycles. The Morgan fingerprint density at radius 2 is 2.21 bits per heavy atom. The first-order valence-corrected chi connectivity index (χ1v) is 8.01. The van der Waals surface area contributed by atoms with E-state index in [-0.39, 0.29) is 23.2 Å². The molecule has 3 N–H and O–H groups in total. The van der Waals surface area contributed by atoms with Gasteiger partial charge in [-0.1, -0.05) is 11.6 Å². The molecular formula is C12H17ClN2O3S. The average Bonchev–Trinajstić information content (AvgIpc) is 2.41.